The standard InChI is InChI=1S/C14H18ClNO4/c1-16(9-14(19)4-6-20-7-5-14)13(18)11-8-10(17)2-3-12(11)15/h2-3,8,17,19H,4-7,9H2,1H3. The van der Waals surface area contributed by atoms with Gasteiger partial charge in [-0.15, -0.1) is 0 Å². The molecule has 0 unspecified atom stereocenters. The molecule has 0 aromatic heterocycles. The number of carbonyl (C=O) groups is 1. The van der Waals surface area contributed by atoms with E-state index in [9.17, 15) is 15.0 Å². The SMILES string of the molecule is CN(CC1(O)CCOCC1)C(=O)c1cc(O)ccc1Cl. The number of halogens is 1. The fraction of sp³-hybridized carbons (Fsp3) is 0.500. The van der Waals surface area contributed by atoms with Crippen molar-refractivity contribution in [1.29, 1.82) is 0 Å². The monoisotopic (exact) mass is 299 g/mol. The number of rotatable bonds is 3. The lowest BCUT2D eigenvalue weighted by atomic mass is 9.93. The first-order chi connectivity index (χ1) is 9.41. The van der Waals surface area contributed by atoms with Crippen LogP contribution in [0.5, 0.6) is 5.75 Å². The summed E-state index contributed by atoms with van der Waals surface area (Å²) in [5.41, 5.74) is -0.698. The van der Waals surface area contributed by atoms with Gasteiger partial charge in [0.1, 0.15) is 5.75 Å². The van der Waals surface area contributed by atoms with Crippen molar-refractivity contribution in [2.45, 2.75) is 18.4 Å². The van der Waals surface area contributed by atoms with Crippen LogP contribution in [0.1, 0.15) is 23.2 Å². The van der Waals surface area contributed by atoms with Crippen molar-refractivity contribution in [1.82, 2.24) is 4.90 Å². The minimum absolute atomic E-state index is 0.0177. The number of likely N-dealkylation sites (N-methyl/N-ethyl adjacent to an activating group) is 1. The fourth-order valence-electron chi connectivity index (χ4n) is 2.31. The molecule has 0 saturated carbocycles. The molecule has 1 aromatic rings. The average Bonchev–Trinajstić information content (AvgIpc) is 2.41. The molecule has 2 N–H and O–H groups in total. The van der Waals surface area contributed by atoms with Crippen molar-refractivity contribution in [2.24, 2.45) is 0 Å². The van der Waals surface area contributed by atoms with Crippen LogP contribution >= 0.6 is 11.6 Å². The van der Waals surface area contributed by atoms with Gasteiger partial charge in [0.15, 0.2) is 0 Å². The maximum Gasteiger partial charge on any atom is 0.255 e. The number of benzene rings is 1. The number of amides is 1. The minimum Gasteiger partial charge on any atom is -0.508 e. The molecule has 0 bridgehead atoms. The van der Waals surface area contributed by atoms with E-state index in [1.165, 1.54) is 23.1 Å². The summed E-state index contributed by atoms with van der Waals surface area (Å²) in [5.74, 6) is -0.346. The zero-order valence-corrected chi connectivity index (χ0v) is 12.1. The Hall–Kier alpha value is -1.30. The Morgan fingerprint density at radius 3 is 2.75 bits per heavy atom. The Balaban J connectivity index is 2.10. The van der Waals surface area contributed by atoms with Crippen LogP contribution in [0.3, 0.4) is 0 Å². The van der Waals surface area contributed by atoms with Gasteiger partial charge in [-0.25, -0.2) is 0 Å². The second kappa shape index (κ2) is 5.99. The van der Waals surface area contributed by atoms with Crippen LogP contribution in [0.25, 0.3) is 0 Å². The number of phenolic OH excluding ortho intramolecular Hbond substituents is 1. The van der Waals surface area contributed by atoms with Crippen LogP contribution in [0, 0.1) is 0 Å². The summed E-state index contributed by atoms with van der Waals surface area (Å²) in [6.07, 6.45) is 0.997. The van der Waals surface area contributed by atoms with Gasteiger partial charge >= 0.3 is 0 Å². The molecule has 1 amide bonds. The zero-order valence-electron chi connectivity index (χ0n) is 11.3. The molecule has 0 atom stereocenters. The number of hydrogen-bond acceptors (Lipinski definition) is 4. The number of ether oxygens (including phenoxy) is 1. The van der Waals surface area contributed by atoms with E-state index < -0.39 is 5.60 Å². The summed E-state index contributed by atoms with van der Waals surface area (Å²) in [7, 11) is 1.61. The molecule has 1 aliphatic rings. The first kappa shape index (κ1) is 15.1. The van der Waals surface area contributed by atoms with Crippen LogP contribution in [0.15, 0.2) is 18.2 Å². The number of phenols is 1. The lowest BCUT2D eigenvalue weighted by molar-refractivity contribution is -0.0734. The Morgan fingerprint density at radius 1 is 1.45 bits per heavy atom. The van der Waals surface area contributed by atoms with Crippen LogP contribution in [0.4, 0.5) is 0 Å². The van der Waals surface area contributed by atoms with Crippen molar-refractivity contribution in [3.05, 3.63) is 28.8 Å². The Kier molecular flexibility index (Phi) is 4.52. The van der Waals surface area contributed by atoms with Crippen molar-refractivity contribution < 1.29 is 19.7 Å². The second-order valence-electron chi connectivity index (χ2n) is 5.16. The predicted molar refractivity (Wildman–Crippen MR) is 75.1 cm³/mol. The number of aliphatic hydroxyl groups is 1. The third-order valence-corrected chi connectivity index (χ3v) is 3.81. The topological polar surface area (TPSA) is 70.0 Å². The summed E-state index contributed by atoms with van der Waals surface area (Å²) < 4.78 is 5.21. The minimum atomic E-state index is -0.925. The molecule has 1 heterocycles. The van der Waals surface area contributed by atoms with Gasteiger partial charge in [-0.05, 0) is 18.2 Å². The maximum absolute atomic E-state index is 12.3. The van der Waals surface area contributed by atoms with Crippen LogP contribution in [-0.2, 0) is 4.74 Å². The first-order valence-electron chi connectivity index (χ1n) is 6.45. The predicted octanol–water partition coefficient (Wildman–Crippen LogP) is 1.66. The lowest BCUT2D eigenvalue weighted by Gasteiger charge is -2.35. The van der Waals surface area contributed by atoms with Crippen LogP contribution in [-0.4, -0.2) is 53.4 Å². The summed E-state index contributed by atoms with van der Waals surface area (Å²) in [5, 5.41) is 20.1. The highest BCUT2D eigenvalue weighted by molar-refractivity contribution is 6.33. The van der Waals surface area contributed by atoms with Gasteiger partial charge in [0.05, 0.1) is 16.2 Å². The van der Waals surface area contributed by atoms with Crippen molar-refractivity contribution in [3.63, 3.8) is 0 Å². The fourth-order valence-corrected chi connectivity index (χ4v) is 2.50. The van der Waals surface area contributed by atoms with Crippen molar-refractivity contribution in [2.75, 3.05) is 26.8 Å². The van der Waals surface area contributed by atoms with Gasteiger partial charge in [-0.1, -0.05) is 11.6 Å². The molecular formula is C14H18ClNO4. The van der Waals surface area contributed by atoms with Gasteiger partial charge in [0.25, 0.3) is 5.91 Å². The second-order valence-corrected chi connectivity index (χ2v) is 5.57. The molecular weight excluding hydrogens is 282 g/mol. The molecule has 2 rings (SSSR count). The Morgan fingerprint density at radius 2 is 2.10 bits per heavy atom. The van der Waals surface area contributed by atoms with Crippen LogP contribution in [0.2, 0.25) is 5.02 Å². The molecule has 1 saturated heterocycles. The van der Waals surface area contributed by atoms with Gasteiger partial charge in [-0.2, -0.15) is 0 Å². The molecule has 110 valence electrons. The number of hydrogen-bond donors (Lipinski definition) is 2. The van der Waals surface area contributed by atoms with E-state index in [0.717, 1.165) is 0 Å². The van der Waals surface area contributed by atoms with Gasteiger partial charge in [0.2, 0.25) is 0 Å². The molecule has 0 spiro atoms. The number of nitrogens with zero attached hydrogens (tertiary/aromatic N) is 1. The molecule has 1 aliphatic heterocycles. The van der Waals surface area contributed by atoms with E-state index in [0.29, 0.717) is 26.1 Å². The van der Waals surface area contributed by atoms with E-state index in [2.05, 4.69) is 0 Å². The molecule has 1 fully saturated rings. The highest BCUT2D eigenvalue weighted by Crippen LogP contribution is 2.25. The summed E-state index contributed by atoms with van der Waals surface area (Å²) >= 11 is 5.97. The highest BCUT2D eigenvalue weighted by Gasteiger charge is 2.32. The van der Waals surface area contributed by atoms with E-state index in [-0.39, 0.29) is 28.8 Å². The molecule has 6 heteroatoms. The first-order valence-corrected chi connectivity index (χ1v) is 6.83. The third kappa shape index (κ3) is 3.42. The van der Waals surface area contributed by atoms with Gasteiger partial charge < -0.3 is 19.8 Å². The van der Waals surface area contributed by atoms with Crippen molar-refractivity contribution >= 4 is 17.5 Å². The smallest absolute Gasteiger partial charge is 0.255 e. The Labute approximate surface area is 122 Å². The zero-order chi connectivity index (χ0) is 14.8. The average molecular weight is 300 g/mol. The van der Waals surface area contributed by atoms with Gasteiger partial charge in [-0.3, -0.25) is 4.79 Å². The number of carbonyl (C=O) groups excluding carboxylic acids is 1. The molecule has 0 aliphatic carbocycles. The van der Waals surface area contributed by atoms with E-state index >= 15 is 0 Å². The quantitative estimate of drug-likeness (QED) is 0.890. The van der Waals surface area contributed by atoms with Crippen molar-refractivity contribution in [3.8, 4) is 5.75 Å². The Bertz CT molecular complexity index is 500. The summed E-state index contributed by atoms with van der Waals surface area (Å²) in [6.45, 7) is 1.19. The number of aromatic hydroxyl groups is 1. The van der Waals surface area contributed by atoms with E-state index in [1.807, 2.05) is 0 Å². The maximum atomic E-state index is 12.3. The molecule has 20 heavy (non-hydrogen) atoms. The summed E-state index contributed by atoms with van der Waals surface area (Å²) in [4.78, 5) is 13.7. The largest absolute Gasteiger partial charge is 0.508 e. The third-order valence-electron chi connectivity index (χ3n) is 3.48. The summed E-state index contributed by atoms with van der Waals surface area (Å²) in [6, 6.07) is 4.22. The lowest BCUT2D eigenvalue weighted by Crippen LogP contribution is -2.47. The molecule has 0 radical (unpaired) electrons. The van der Waals surface area contributed by atoms with Crippen LogP contribution < -0.4 is 0 Å². The van der Waals surface area contributed by atoms with E-state index in [1.54, 1.807) is 7.05 Å². The molecule has 1 aromatic carbocycles. The molecule has 5 nitrogen and oxygen atoms in total. The normalized spacial score (nSPS) is 17.8. The highest BCUT2D eigenvalue weighted by atomic mass is 35.5. The van der Waals surface area contributed by atoms with Gasteiger partial charge in [0, 0.05) is 39.6 Å². The van der Waals surface area contributed by atoms with E-state index in [4.69, 9.17) is 16.3 Å².